The molecule has 1 atom stereocenters. The fourth-order valence-corrected chi connectivity index (χ4v) is 1.87. The van der Waals surface area contributed by atoms with E-state index in [9.17, 15) is 21.6 Å². The summed E-state index contributed by atoms with van der Waals surface area (Å²) in [6, 6.07) is 0. The number of hydrogen-bond donors (Lipinski definition) is 0. The van der Waals surface area contributed by atoms with Crippen molar-refractivity contribution < 1.29 is 30.0 Å². The molecule has 1 unspecified atom stereocenters. The van der Waals surface area contributed by atoms with Gasteiger partial charge in [-0.3, -0.25) is 8.37 Å². The first-order valence-electron chi connectivity index (χ1n) is 4.32. The molecule has 0 aromatic rings. The predicted molar refractivity (Wildman–Crippen MR) is 55.8 cm³/mol. The lowest BCUT2D eigenvalue weighted by Crippen LogP contribution is -2.19. The van der Waals surface area contributed by atoms with Crippen molar-refractivity contribution in [2.75, 3.05) is 19.1 Å². The fourth-order valence-electron chi connectivity index (χ4n) is 0.858. The van der Waals surface area contributed by atoms with Crippen LogP contribution in [-0.4, -0.2) is 48.3 Å². The fraction of sp³-hybridized carbons (Fsp3) is 0.857. The summed E-state index contributed by atoms with van der Waals surface area (Å²) in [4.78, 5) is 10.4. The third kappa shape index (κ3) is 10.0. The highest BCUT2D eigenvalue weighted by Crippen LogP contribution is 2.04. The van der Waals surface area contributed by atoms with Crippen molar-refractivity contribution in [1.82, 2.24) is 0 Å². The van der Waals surface area contributed by atoms with Gasteiger partial charge < -0.3 is 4.79 Å². The van der Waals surface area contributed by atoms with E-state index in [4.69, 9.17) is 0 Å². The highest BCUT2D eigenvalue weighted by molar-refractivity contribution is 7.86. The largest absolute Gasteiger partial charge is 0.300 e. The van der Waals surface area contributed by atoms with E-state index < -0.39 is 26.3 Å². The molecule has 0 saturated carbocycles. The quantitative estimate of drug-likeness (QED) is 0.327. The maximum Gasteiger partial charge on any atom is 0.265 e. The van der Waals surface area contributed by atoms with Crippen LogP contribution in [0.2, 0.25) is 0 Å². The van der Waals surface area contributed by atoms with Gasteiger partial charge in [-0.2, -0.15) is 16.8 Å². The minimum Gasteiger partial charge on any atom is -0.300 e. The second-order valence-electron chi connectivity index (χ2n) is 3.14. The summed E-state index contributed by atoms with van der Waals surface area (Å²) in [5.41, 5.74) is 0. The van der Waals surface area contributed by atoms with Crippen LogP contribution in [0.4, 0.5) is 0 Å². The Kier molecular flexibility index (Phi) is 6.08. The molecule has 0 N–H and O–H groups in total. The topological polar surface area (TPSA) is 104 Å². The van der Waals surface area contributed by atoms with Crippen LogP contribution < -0.4 is 0 Å². The monoisotopic (exact) mass is 274 g/mol. The number of carbonyl (C=O) groups is 1. The van der Waals surface area contributed by atoms with E-state index >= 15 is 0 Å². The van der Waals surface area contributed by atoms with Gasteiger partial charge in [0.15, 0.2) is 0 Å². The van der Waals surface area contributed by atoms with E-state index in [-0.39, 0.29) is 19.4 Å². The summed E-state index contributed by atoms with van der Waals surface area (Å²) in [5, 5.41) is 0. The molecule has 0 fully saturated rings. The molecule has 0 aliphatic rings. The van der Waals surface area contributed by atoms with Crippen molar-refractivity contribution >= 4 is 26.5 Å². The second-order valence-corrected chi connectivity index (χ2v) is 6.39. The van der Waals surface area contributed by atoms with Crippen molar-refractivity contribution in [3.05, 3.63) is 0 Å². The molecule has 9 heteroatoms. The lowest BCUT2D eigenvalue weighted by Gasteiger charge is -2.09. The van der Waals surface area contributed by atoms with E-state index in [0.717, 1.165) is 12.5 Å². The van der Waals surface area contributed by atoms with Gasteiger partial charge in [-0.1, -0.05) is 0 Å². The zero-order chi connectivity index (χ0) is 12.8. The van der Waals surface area contributed by atoms with Crippen LogP contribution in [-0.2, 0) is 33.4 Å². The summed E-state index contributed by atoms with van der Waals surface area (Å²) in [7, 11) is -7.20. The zero-order valence-corrected chi connectivity index (χ0v) is 10.6. The molecule has 0 spiro atoms. The highest BCUT2D eigenvalue weighted by atomic mass is 32.2. The average molecular weight is 274 g/mol. The van der Waals surface area contributed by atoms with E-state index in [1.165, 1.54) is 0 Å². The molecule has 96 valence electrons. The molecule has 0 radical (unpaired) electrons. The molecule has 0 heterocycles. The highest BCUT2D eigenvalue weighted by Gasteiger charge is 2.14. The average Bonchev–Trinajstić information content (AvgIpc) is 2.06. The number of carbonyl (C=O) groups excluding carboxylic acids is 1. The Morgan fingerprint density at radius 1 is 1.12 bits per heavy atom. The first-order chi connectivity index (χ1) is 7.14. The first-order valence-corrected chi connectivity index (χ1v) is 7.95. The predicted octanol–water partition coefficient (Wildman–Crippen LogP) is -0.713. The van der Waals surface area contributed by atoms with Crippen LogP contribution >= 0.6 is 0 Å². The van der Waals surface area contributed by atoms with Crippen LogP contribution in [0.15, 0.2) is 0 Å². The van der Waals surface area contributed by atoms with Crippen molar-refractivity contribution in [3.8, 4) is 0 Å². The minimum atomic E-state index is -3.69. The van der Waals surface area contributed by atoms with E-state index in [0.29, 0.717) is 6.29 Å². The van der Waals surface area contributed by atoms with E-state index in [1.807, 2.05) is 0 Å². The second kappa shape index (κ2) is 6.28. The number of hydrogen-bond acceptors (Lipinski definition) is 7. The van der Waals surface area contributed by atoms with Gasteiger partial charge in [0.2, 0.25) is 0 Å². The van der Waals surface area contributed by atoms with Crippen LogP contribution in [0.3, 0.4) is 0 Å². The Balaban J connectivity index is 3.94. The lowest BCUT2D eigenvalue weighted by molar-refractivity contribution is -0.113. The number of aldehydes is 1. The van der Waals surface area contributed by atoms with Crippen LogP contribution in [0, 0.1) is 0 Å². The minimum absolute atomic E-state index is 0.0755. The Morgan fingerprint density at radius 3 is 2.06 bits per heavy atom. The SMILES string of the molecule is CS(=O)(=O)OCCCC(C=O)OS(C)(=O)=O. The molecule has 7 nitrogen and oxygen atoms in total. The molecule has 0 bridgehead atoms. The Morgan fingerprint density at radius 2 is 1.69 bits per heavy atom. The molecule has 0 aromatic heterocycles. The number of rotatable bonds is 8. The van der Waals surface area contributed by atoms with E-state index in [2.05, 4.69) is 8.37 Å². The maximum atomic E-state index is 10.7. The molecule has 0 rings (SSSR count). The molecular weight excluding hydrogens is 260 g/mol. The lowest BCUT2D eigenvalue weighted by atomic mass is 10.2. The third-order valence-electron chi connectivity index (χ3n) is 1.38. The normalized spacial score (nSPS) is 14.6. The molecule has 0 amide bonds. The Hall–Kier alpha value is -0.510. The summed E-state index contributed by atoms with van der Waals surface area (Å²) in [5.74, 6) is 0. The van der Waals surface area contributed by atoms with Crippen molar-refractivity contribution in [1.29, 1.82) is 0 Å². The van der Waals surface area contributed by atoms with Gasteiger partial charge in [-0.05, 0) is 12.8 Å². The van der Waals surface area contributed by atoms with Crippen LogP contribution in [0.1, 0.15) is 12.8 Å². The molecule has 16 heavy (non-hydrogen) atoms. The summed E-state index contributed by atoms with van der Waals surface area (Å²) in [6.07, 6.45) is 1.26. The first kappa shape index (κ1) is 15.5. The van der Waals surface area contributed by atoms with Gasteiger partial charge >= 0.3 is 0 Å². The molecule has 0 saturated heterocycles. The van der Waals surface area contributed by atoms with Crippen molar-refractivity contribution in [2.45, 2.75) is 18.9 Å². The van der Waals surface area contributed by atoms with Gasteiger partial charge in [0.05, 0.1) is 19.1 Å². The molecular formula is C7H14O7S2. The van der Waals surface area contributed by atoms with Gasteiger partial charge in [-0.25, -0.2) is 0 Å². The van der Waals surface area contributed by atoms with Gasteiger partial charge in [0.1, 0.15) is 12.4 Å². The smallest absolute Gasteiger partial charge is 0.265 e. The van der Waals surface area contributed by atoms with Crippen molar-refractivity contribution in [3.63, 3.8) is 0 Å². The van der Waals surface area contributed by atoms with Crippen LogP contribution in [0.5, 0.6) is 0 Å². The third-order valence-corrected chi connectivity index (χ3v) is 2.57. The van der Waals surface area contributed by atoms with Crippen molar-refractivity contribution in [2.24, 2.45) is 0 Å². The van der Waals surface area contributed by atoms with Gasteiger partial charge in [-0.15, -0.1) is 0 Å². The zero-order valence-electron chi connectivity index (χ0n) is 8.95. The van der Waals surface area contributed by atoms with E-state index in [1.54, 1.807) is 0 Å². The summed E-state index contributed by atoms with van der Waals surface area (Å²) in [6.45, 7) is -0.115. The summed E-state index contributed by atoms with van der Waals surface area (Å²) < 4.78 is 51.3. The van der Waals surface area contributed by atoms with Gasteiger partial charge in [0.25, 0.3) is 20.2 Å². The Bertz CT molecular complexity index is 408. The molecule has 0 aromatic carbocycles. The maximum absolute atomic E-state index is 10.7. The van der Waals surface area contributed by atoms with Gasteiger partial charge in [0, 0.05) is 0 Å². The summed E-state index contributed by atoms with van der Waals surface area (Å²) >= 11 is 0. The van der Waals surface area contributed by atoms with Crippen LogP contribution in [0.25, 0.3) is 0 Å². The molecule has 0 aliphatic heterocycles. The standard InChI is InChI=1S/C7H14O7S2/c1-15(9,10)13-5-3-4-7(6-8)14-16(2,11)12/h6-7H,3-5H2,1-2H3. The Labute approximate surface area is 95.0 Å². The molecule has 0 aliphatic carbocycles.